The number of benzene rings is 3. The van der Waals surface area contributed by atoms with Crippen molar-refractivity contribution in [2.24, 2.45) is 0 Å². The van der Waals surface area contributed by atoms with Crippen molar-refractivity contribution in [1.29, 1.82) is 0 Å². The Labute approximate surface area is 214 Å². The summed E-state index contributed by atoms with van der Waals surface area (Å²) in [5, 5.41) is 12.5. The van der Waals surface area contributed by atoms with Crippen LogP contribution in [0, 0.1) is 0 Å². The normalized spacial score (nSPS) is 10.6. The number of aromatic nitrogens is 3. The first-order valence-corrected chi connectivity index (χ1v) is 12.4. The summed E-state index contributed by atoms with van der Waals surface area (Å²) in [6.07, 6.45) is 0.905. The minimum absolute atomic E-state index is 0.191. The Hall–Kier alpha value is -3.98. The summed E-state index contributed by atoms with van der Waals surface area (Å²) in [6, 6.07) is 23.0. The molecular formula is C27H28N4O4S. The van der Waals surface area contributed by atoms with Gasteiger partial charge in [-0.15, -0.1) is 10.2 Å². The maximum absolute atomic E-state index is 12.9. The molecule has 4 rings (SSSR count). The molecule has 0 saturated heterocycles. The van der Waals surface area contributed by atoms with Crippen molar-refractivity contribution < 1.29 is 19.0 Å². The first kappa shape index (κ1) is 25.1. The largest absolute Gasteiger partial charge is 0.497 e. The van der Waals surface area contributed by atoms with Gasteiger partial charge in [-0.2, -0.15) is 0 Å². The SMILES string of the molecule is COc1cccc(-n2c(CNC(=O)c3ccc(OC)c(OC)c3)nnc2SCCc2ccccc2)c1. The smallest absolute Gasteiger partial charge is 0.251 e. The van der Waals surface area contributed by atoms with Gasteiger partial charge in [0.1, 0.15) is 5.75 Å². The Bertz CT molecular complexity index is 1310. The van der Waals surface area contributed by atoms with Crippen molar-refractivity contribution in [2.75, 3.05) is 27.1 Å². The Morgan fingerprint density at radius 2 is 1.69 bits per heavy atom. The van der Waals surface area contributed by atoms with Gasteiger partial charge in [0.25, 0.3) is 5.91 Å². The molecular weight excluding hydrogens is 476 g/mol. The predicted octanol–water partition coefficient (Wildman–Crippen LogP) is 4.56. The maximum Gasteiger partial charge on any atom is 0.251 e. The number of nitrogens with zero attached hydrogens (tertiary/aromatic N) is 3. The molecule has 1 amide bonds. The Morgan fingerprint density at radius 3 is 2.44 bits per heavy atom. The van der Waals surface area contributed by atoms with E-state index < -0.39 is 0 Å². The Kier molecular flexibility index (Phi) is 8.46. The highest BCUT2D eigenvalue weighted by Crippen LogP contribution is 2.28. The molecule has 186 valence electrons. The second-order valence-corrected chi connectivity index (χ2v) is 8.83. The van der Waals surface area contributed by atoms with E-state index in [0.717, 1.165) is 28.8 Å². The van der Waals surface area contributed by atoms with Gasteiger partial charge in [-0.1, -0.05) is 48.2 Å². The molecule has 0 atom stereocenters. The molecule has 8 nitrogen and oxygen atoms in total. The summed E-state index contributed by atoms with van der Waals surface area (Å²) < 4.78 is 17.9. The fourth-order valence-corrected chi connectivity index (χ4v) is 4.62. The zero-order valence-corrected chi connectivity index (χ0v) is 21.2. The number of nitrogens with one attached hydrogen (secondary N) is 1. The molecule has 0 fully saturated rings. The zero-order valence-electron chi connectivity index (χ0n) is 20.4. The van der Waals surface area contributed by atoms with Gasteiger partial charge in [-0.25, -0.2) is 0 Å². The molecule has 0 aliphatic rings. The van der Waals surface area contributed by atoms with Crippen molar-refractivity contribution in [3.05, 3.63) is 89.7 Å². The van der Waals surface area contributed by atoms with Crippen LogP contribution < -0.4 is 19.5 Å². The number of hydrogen-bond acceptors (Lipinski definition) is 7. The third-order valence-electron chi connectivity index (χ3n) is 5.53. The molecule has 0 saturated carbocycles. The molecule has 0 radical (unpaired) electrons. The second-order valence-electron chi connectivity index (χ2n) is 7.77. The highest BCUT2D eigenvalue weighted by Gasteiger charge is 2.17. The number of methoxy groups -OCH3 is 3. The van der Waals surface area contributed by atoms with Crippen LogP contribution >= 0.6 is 11.8 Å². The highest BCUT2D eigenvalue weighted by atomic mass is 32.2. The van der Waals surface area contributed by atoms with Gasteiger partial charge in [0.15, 0.2) is 22.5 Å². The van der Waals surface area contributed by atoms with Crippen LogP contribution in [0.5, 0.6) is 17.2 Å². The maximum atomic E-state index is 12.9. The van der Waals surface area contributed by atoms with Crippen molar-refractivity contribution in [1.82, 2.24) is 20.1 Å². The third kappa shape index (κ3) is 5.98. The minimum atomic E-state index is -0.255. The van der Waals surface area contributed by atoms with Crippen LogP contribution in [-0.2, 0) is 13.0 Å². The number of thioether (sulfide) groups is 1. The van der Waals surface area contributed by atoms with E-state index in [-0.39, 0.29) is 12.5 Å². The lowest BCUT2D eigenvalue weighted by atomic mass is 10.2. The molecule has 1 heterocycles. The molecule has 0 unspecified atom stereocenters. The van der Waals surface area contributed by atoms with Gasteiger partial charge in [0, 0.05) is 17.4 Å². The van der Waals surface area contributed by atoms with E-state index in [1.54, 1.807) is 44.2 Å². The van der Waals surface area contributed by atoms with Crippen molar-refractivity contribution >= 4 is 17.7 Å². The number of amides is 1. The molecule has 1 N–H and O–H groups in total. The van der Waals surface area contributed by atoms with Crippen molar-refractivity contribution in [3.8, 4) is 22.9 Å². The summed E-state index contributed by atoms with van der Waals surface area (Å²) in [5.41, 5.74) is 2.58. The summed E-state index contributed by atoms with van der Waals surface area (Å²) in [6.45, 7) is 0.191. The van der Waals surface area contributed by atoms with Gasteiger partial charge in [0.2, 0.25) is 0 Å². The van der Waals surface area contributed by atoms with Crippen molar-refractivity contribution in [2.45, 2.75) is 18.1 Å². The van der Waals surface area contributed by atoms with Crippen LogP contribution in [0.15, 0.2) is 78.0 Å². The third-order valence-corrected chi connectivity index (χ3v) is 6.46. The number of rotatable bonds is 11. The number of aryl methyl sites for hydroxylation is 1. The second kappa shape index (κ2) is 12.1. The van der Waals surface area contributed by atoms with Crippen LogP contribution in [-0.4, -0.2) is 47.8 Å². The fourth-order valence-electron chi connectivity index (χ4n) is 3.66. The van der Waals surface area contributed by atoms with Crippen LogP contribution in [0.3, 0.4) is 0 Å². The predicted molar refractivity (Wildman–Crippen MR) is 139 cm³/mol. The van der Waals surface area contributed by atoms with Gasteiger partial charge < -0.3 is 19.5 Å². The highest BCUT2D eigenvalue weighted by molar-refractivity contribution is 7.99. The summed E-state index contributed by atoms with van der Waals surface area (Å²) in [5.74, 6) is 2.96. The first-order chi connectivity index (χ1) is 17.6. The summed E-state index contributed by atoms with van der Waals surface area (Å²) in [4.78, 5) is 12.9. The molecule has 0 aliphatic heterocycles. The molecule has 0 spiro atoms. The minimum Gasteiger partial charge on any atom is -0.497 e. The van der Waals surface area contributed by atoms with Crippen LogP contribution in [0.4, 0.5) is 0 Å². The quantitative estimate of drug-likeness (QED) is 0.300. The Balaban J connectivity index is 1.54. The van der Waals surface area contributed by atoms with E-state index in [1.807, 2.05) is 47.0 Å². The van der Waals surface area contributed by atoms with E-state index in [4.69, 9.17) is 14.2 Å². The molecule has 0 aliphatic carbocycles. The number of ether oxygens (including phenoxy) is 3. The van der Waals surface area contributed by atoms with Gasteiger partial charge >= 0.3 is 0 Å². The lowest BCUT2D eigenvalue weighted by molar-refractivity contribution is 0.0949. The van der Waals surface area contributed by atoms with E-state index in [1.165, 1.54) is 12.7 Å². The van der Waals surface area contributed by atoms with Gasteiger partial charge in [-0.05, 0) is 42.3 Å². The molecule has 4 aromatic rings. The average molecular weight is 505 g/mol. The first-order valence-electron chi connectivity index (χ1n) is 11.4. The lowest BCUT2D eigenvalue weighted by Gasteiger charge is -2.13. The van der Waals surface area contributed by atoms with E-state index in [9.17, 15) is 4.79 Å². The van der Waals surface area contributed by atoms with Crippen LogP contribution in [0.1, 0.15) is 21.7 Å². The van der Waals surface area contributed by atoms with Crippen molar-refractivity contribution in [3.63, 3.8) is 0 Å². The lowest BCUT2D eigenvalue weighted by Crippen LogP contribution is -2.24. The van der Waals surface area contributed by atoms with E-state index in [0.29, 0.717) is 22.9 Å². The summed E-state index contributed by atoms with van der Waals surface area (Å²) in [7, 11) is 4.72. The standard InChI is InChI=1S/C27H28N4O4S/c1-33-22-11-7-10-21(17-22)31-25(29-30-27(31)36-15-14-19-8-5-4-6-9-19)18-28-26(32)20-12-13-23(34-2)24(16-20)35-3/h4-13,16-17H,14-15,18H2,1-3H3,(H,28,32). The molecule has 0 bridgehead atoms. The summed E-state index contributed by atoms with van der Waals surface area (Å²) >= 11 is 1.62. The molecule has 36 heavy (non-hydrogen) atoms. The van der Waals surface area contributed by atoms with Gasteiger partial charge in [-0.3, -0.25) is 9.36 Å². The number of carbonyl (C=O) groups excluding carboxylic acids is 1. The number of carbonyl (C=O) groups is 1. The van der Waals surface area contributed by atoms with Gasteiger partial charge in [0.05, 0.1) is 33.6 Å². The fraction of sp³-hybridized carbons (Fsp3) is 0.222. The van der Waals surface area contributed by atoms with Crippen LogP contribution in [0.2, 0.25) is 0 Å². The zero-order chi connectivity index (χ0) is 25.3. The Morgan fingerprint density at radius 1 is 0.889 bits per heavy atom. The topological polar surface area (TPSA) is 87.5 Å². The molecule has 1 aromatic heterocycles. The number of hydrogen-bond donors (Lipinski definition) is 1. The monoisotopic (exact) mass is 504 g/mol. The average Bonchev–Trinajstić information content (AvgIpc) is 3.34. The van der Waals surface area contributed by atoms with E-state index >= 15 is 0 Å². The van der Waals surface area contributed by atoms with Crippen LogP contribution in [0.25, 0.3) is 5.69 Å². The molecule has 9 heteroatoms. The van der Waals surface area contributed by atoms with E-state index in [2.05, 4.69) is 27.6 Å². The molecule has 3 aromatic carbocycles.